The van der Waals surface area contributed by atoms with Crippen LogP contribution < -0.4 is 0 Å². The van der Waals surface area contributed by atoms with Crippen LogP contribution >= 0.6 is 34.8 Å². The normalized spacial score (nSPS) is 22.6. The van der Waals surface area contributed by atoms with E-state index in [1.165, 1.54) is 0 Å². The van der Waals surface area contributed by atoms with E-state index < -0.39 is 15.7 Å². The van der Waals surface area contributed by atoms with Crippen molar-refractivity contribution < 1.29 is 14.3 Å². The molecule has 0 N–H and O–H groups in total. The Balaban J connectivity index is 2.42. The summed E-state index contributed by atoms with van der Waals surface area (Å²) in [5.74, 6) is -1.31. The van der Waals surface area contributed by atoms with E-state index in [4.69, 9.17) is 39.5 Å². The maximum Gasteiger partial charge on any atom is 0.316 e. The molecule has 0 heterocycles. The molecule has 1 atom stereocenters. The average molecular weight is 274 g/mol. The minimum absolute atomic E-state index is 0.0735. The monoisotopic (exact) mass is 272 g/mol. The third kappa shape index (κ3) is 4.58. The summed E-state index contributed by atoms with van der Waals surface area (Å²) in [6.45, 7) is -0.319. The second-order valence-corrected chi connectivity index (χ2v) is 6.00. The molecule has 1 aliphatic rings. The fourth-order valence-corrected chi connectivity index (χ4v) is 1.65. The summed E-state index contributed by atoms with van der Waals surface area (Å²) in [6, 6.07) is 0. The van der Waals surface area contributed by atoms with Gasteiger partial charge in [-0.1, -0.05) is 41.2 Å². The third-order valence-electron chi connectivity index (χ3n) is 2.22. The fourth-order valence-electron chi connectivity index (χ4n) is 1.49. The van der Waals surface area contributed by atoms with Crippen molar-refractivity contribution in [1.29, 1.82) is 0 Å². The number of ether oxygens (including phenoxy) is 1. The number of carbonyl (C=O) groups is 2. The van der Waals surface area contributed by atoms with Gasteiger partial charge < -0.3 is 4.74 Å². The van der Waals surface area contributed by atoms with Crippen LogP contribution in [0.4, 0.5) is 0 Å². The number of halogens is 3. The highest BCUT2D eigenvalue weighted by Gasteiger charge is 2.32. The molecule has 0 aromatic carbocycles. The number of hydrogen-bond donors (Lipinski definition) is 0. The van der Waals surface area contributed by atoms with Gasteiger partial charge in [0.15, 0.2) is 0 Å². The van der Waals surface area contributed by atoms with Crippen LogP contribution in [0.3, 0.4) is 0 Å². The molecule has 1 aliphatic carbocycles. The Morgan fingerprint density at radius 3 is 2.60 bits per heavy atom. The zero-order chi connectivity index (χ0) is 11.5. The summed E-state index contributed by atoms with van der Waals surface area (Å²) in [5.41, 5.74) is 0. The molecule has 6 heteroatoms. The van der Waals surface area contributed by atoms with Crippen LogP contribution in [0.15, 0.2) is 0 Å². The average Bonchev–Trinajstić information content (AvgIpc) is 2.14. The number of Topliss-reactive ketones (excluding diaryl/α,β-unsaturated/α-hetero) is 1. The summed E-state index contributed by atoms with van der Waals surface area (Å²) >= 11 is 16.3. The number of ketones is 1. The van der Waals surface area contributed by atoms with Crippen LogP contribution in [-0.4, -0.2) is 22.2 Å². The second-order valence-electron chi connectivity index (χ2n) is 3.49. The van der Waals surface area contributed by atoms with E-state index in [-0.39, 0.29) is 12.4 Å². The van der Waals surface area contributed by atoms with Gasteiger partial charge >= 0.3 is 5.97 Å². The van der Waals surface area contributed by atoms with Gasteiger partial charge in [-0.05, 0) is 12.8 Å². The number of alkyl halides is 3. The highest BCUT2D eigenvalue weighted by Crippen LogP contribution is 2.27. The lowest BCUT2D eigenvalue weighted by Crippen LogP contribution is -2.30. The van der Waals surface area contributed by atoms with Crippen molar-refractivity contribution in [1.82, 2.24) is 0 Å². The van der Waals surface area contributed by atoms with Crippen molar-refractivity contribution in [2.24, 2.45) is 5.92 Å². The van der Waals surface area contributed by atoms with Gasteiger partial charge in [0.05, 0.1) is 0 Å². The lowest BCUT2D eigenvalue weighted by Gasteiger charge is -2.20. The van der Waals surface area contributed by atoms with Crippen molar-refractivity contribution in [2.45, 2.75) is 29.5 Å². The maximum absolute atomic E-state index is 11.4. The first-order chi connectivity index (χ1) is 6.90. The van der Waals surface area contributed by atoms with E-state index in [0.717, 1.165) is 12.8 Å². The molecule has 1 rings (SSSR count). The fraction of sp³-hybridized carbons (Fsp3) is 0.778. The number of hydrogen-bond acceptors (Lipinski definition) is 3. The van der Waals surface area contributed by atoms with E-state index in [0.29, 0.717) is 12.8 Å². The lowest BCUT2D eigenvalue weighted by molar-refractivity contribution is -0.153. The van der Waals surface area contributed by atoms with Crippen molar-refractivity contribution in [3.8, 4) is 0 Å². The number of rotatable bonds is 2. The SMILES string of the molecule is O=C1CCCCC1C(=O)OCC(Cl)(Cl)Cl. The summed E-state index contributed by atoms with van der Waals surface area (Å²) in [7, 11) is 0. The standard InChI is InChI=1S/C9H11Cl3O3/c10-9(11,12)5-15-8(14)6-3-1-2-4-7(6)13/h6H,1-5H2. The van der Waals surface area contributed by atoms with E-state index in [9.17, 15) is 9.59 Å². The summed E-state index contributed by atoms with van der Waals surface area (Å²) in [5, 5.41) is 0. The first kappa shape index (κ1) is 13.1. The Labute approximate surface area is 103 Å². The van der Waals surface area contributed by atoms with Gasteiger partial charge in [0.2, 0.25) is 3.79 Å². The molecule has 15 heavy (non-hydrogen) atoms. The molecule has 0 spiro atoms. The Morgan fingerprint density at radius 1 is 1.40 bits per heavy atom. The summed E-state index contributed by atoms with van der Waals surface area (Å²) in [6.07, 6.45) is 2.68. The molecule has 0 saturated heterocycles. The van der Waals surface area contributed by atoms with E-state index in [1.54, 1.807) is 0 Å². The molecule has 86 valence electrons. The first-order valence-electron chi connectivity index (χ1n) is 4.66. The molecular formula is C9H11Cl3O3. The maximum atomic E-state index is 11.4. The van der Waals surface area contributed by atoms with E-state index in [1.807, 2.05) is 0 Å². The van der Waals surface area contributed by atoms with E-state index >= 15 is 0 Å². The number of esters is 1. The summed E-state index contributed by atoms with van der Waals surface area (Å²) in [4.78, 5) is 22.8. The molecule has 0 amide bonds. The molecular weight excluding hydrogens is 262 g/mol. The van der Waals surface area contributed by atoms with Crippen LogP contribution in [0, 0.1) is 5.92 Å². The minimum Gasteiger partial charge on any atom is -0.461 e. The summed E-state index contributed by atoms with van der Waals surface area (Å²) < 4.78 is 3.14. The van der Waals surface area contributed by atoms with Crippen molar-refractivity contribution in [2.75, 3.05) is 6.61 Å². The zero-order valence-corrected chi connectivity index (χ0v) is 10.2. The highest BCUT2D eigenvalue weighted by atomic mass is 35.6. The van der Waals surface area contributed by atoms with Gasteiger partial charge in [-0.2, -0.15) is 0 Å². The van der Waals surface area contributed by atoms with Gasteiger partial charge in [0, 0.05) is 6.42 Å². The first-order valence-corrected chi connectivity index (χ1v) is 5.79. The van der Waals surface area contributed by atoms with Gasteiger partial charge in [-0.25, -0.2) is 0 Å². The van der Waals surface area contributed by atoms with Crippen LogP contribution in [-0.2, 0) is 14.3 Å². The third-order valence-corrected chi connectivity index (χ3v) is 2.54. The van der Waals surface area contributed by atoms with Gasteiger partial charge in [0.25, 0.3) is 0 Å². The quantitative estimate of drug-likeness (QED) is 0.441. The molecule has 3 nitrogen and oxygen atoms in total. The van der Waals surface area contributed by atoms with Crippen LogP contribution in [0.2, 0.25) is 0 Å². The Hall–Kier alpha value is 0.01000. The number of carbonyl (C=O) groups excluding carboxylic acids is 2. The lowest BCUT2D eigenvalue weighted by atomic mass is 9.88. The molecule has 0 aromatic heterocycles. The second kappa shape index (κ2) is 5.37. The van der Waals surface area contributed by atoms with Gasteiger partial charge in [-0.3, -0.25) is 9.59 Å². The van der Waals surface area contributed by atoms with Crippen LogP contribution in [0.1, 0.15) is 25.7 Å². The van der Waals surface area contributed by atoms with Crippen LogP contribution in [0.5, 0.6) is 0 Å². The topological polar surface area (TPSA) is 43.4 Å². The van der Waals surface area contributed by atoms with Crippen LogP contribution in [0.25, 0.3) is 0 Å². The van der Waals surface area contributed by atoms with Gasteiger partial charge in [0.1, 0.15) is 18.3 Å². The predicted molar refractivity (Wildman–Crippen MR) is 58.2 cm³/mol. The Kier molecular flexibility index (Phi) is 4.68. The zero-order valence-electron chi connectivity index (χ0n) is 7.97. The predicted octanol–water partition coefficient (Wildman–Crippen LogP) is 2.66. The molecule has 1 fully saturated rings. The van der Waals surface area contributed by atoms with Crippen molar-refractivity contribution in [3.05, 3.63) is 0 Å². The molecule has 0 bridgehead atoms. The van der Waals surface area contributed by atoms with Gasteiger partial charge in [-0.15, -0.1) is 0 Å². The van der Waals surface area contributed by atoms with Crippen molar-refractivity contribution in [3.63, 3.8) is 0 Å². The van der Waals surface area contributed by atoms with E-state index in [2.05, 4.69) is 0 Å². The largest absolute Gasteiger partial charge is 0.461 e. The highest BCUT2D eigenvalue weighted by molar-refractivity contribution is 6.67. The molecule has 0 aliphatic heterocycles. The molecule has 0 aromatic rings. The molecule has 1 unspecified atom stereocenters. The Bertz CT molecular complexity index is 260. The minimum atomic E-state index is -1.62. The van der Waals surface area contributed by atoms with Crippen molar-refractivity contribution >= 4 is 46.6 Å². The molecule has 0 radical (unpaired) electrons. The molecule has 1 saturated carbocycles. The Morgan fingerprint density at radius 2 is 2.07 bits per heavy atom. The smallest absolute Gasteiger partial charge is 0.316 e.